The maximum Gasteiger partial charge on any atom is 0.225 e. The summed E-state index contributed by atoms with van der Waals surface area (Å²) in [7, 11) is -3.38. The first-order valence-electron chi connectivity index (χ1n) is 9.41. The van der Waals surface area contributed by atoms with Gasteiger partial charge in [-0.1, -0.05) is 24.3 Å². The first-order chi connectivity index (χ1) is 12.9. The Kier molecular flexibility index (Phi) is 6.16. The van der Waals surface area contributed by atoms with Crippen LogP contribution in [0.3, 0.4) is 0 Å². The SMILES string of the molecule is Cc1ccccc1CS(=O)(=O)N1CCC(C(=O)N2CCN(C=O)CC2)CC1. The Morgan fingerprint density at radius 1 is 1.07 bits per heavy atom. The van der Waals surface area contributed by atoms with Gasteiger partial charge in [0.05, 0.1) is 5.75 Å². The van der Waals surface area contributed by atoms with Crippen LogP contribution in [0.1, 0.15) is 24.0 Å². The molecule has 1 aromatic rings. The van der Waals surface area contributed by atoms with Gasteiger partial charge in [-0.05, 0) is 30.9 Å². The smallest absolute Gasteiger partial charge is 0.225 e. The van der Waals surface area contributed by atoms with E-state index in [9.17, 15) is 18.0 Å². The van der Waals surface area contributed by atoms with Crippen LogP contribution >= 0.6 is 0 Å². The Balaban J connectivity index is 1.54. The molecule has 0 unspecified atom stereocenters. The molecule has 27 heavy (non-hydrogen) atoms. The standard InChI is InChI=1S/C19H27N3O4S/c1-16-4-2-3-5-18(16)14-27(25,26)22-8-6-17(7-9-22)19(24)21-12-10-20(15-23)11-13-21/h2-5,15,17H,6-14H2,1H3. The zero-order chi connectivity index (χ0) is 19.4. The lowest BCUT2D eigenvalue weighted by atomic mass is 9.96. The lowest BCUT2D eigenvalue weighted by Gasteiger charge is -2.37. The highest BCUT2D eigenvalue weighted by Gasteiger charge is 2.34. The van der Waals surface area contributed by atoms with E-state index in [1.54, 1.807) is 4.90 Å². The average molecular weight is 394 g/mol. The number of hydrogen-bond donors (Lipinski definition) is 0. The predicted molar refractivity (Wildman–Crippen MR) is 102 cm³/mol. The number of benzene rings is 1. The summed E-state index contributed by atoms with van der Waals surface area (Å²) in [6.45, 7) is 4.95. The monoisotopic (exact) mass is 393 g/mol. The van der Waals surface area contributed by atoms with Crippen LogP contribution in [-0.4, -0.2) is 74.1 Å². The van der Waals surface area contributed by atoms with Gasteiger partial charge in [-0.2, -0.15) is 0 Å². The van der Waals surface area contributed by atoms with E-state index in [-0.39, 0.29) is 17.6 Å². The lowest BCUT2D eigenvalue weighted by molar-refractivity contribution is -0.140. The zero-order valence-corrected chi connectivity index (χ0v) is 16.5. The van der Waals surface area contributed by atoms with Crippen molar-refractivity contribution < 1.29 is 18.0 Å². The minimum absolute atomic E-state index is 0.00589. The Bertz CT molecular complexity index is 780. The second kappa shape index (κ2) is 8.39. The fourth-order valence-corrected chi connectivity index (χ4v) is 5.41. The van der Waals surface area contributed by atoms with E-state index < -0.39 is 10.0 Å². The molecule has 148 valence electrons. The third kappa shape index (κ3) is 4.68. The highest BCUT2D eigenvalue weighted by atomic mass is 32.2. The van der Waals surface area contributed by atoms with Crippen molar-refractivity contribution in [2.24, 2.45) is 5.92 Å². The maximum atomic E-state index is 12.7. The van der Waals surface area contributed by atoms with Gasteiger partial charge in [0.25, 0.3) is 0 Å². The third-order valence-electron chi connectivity index (χ3n) is 5.57. The van der Waals surface area contributed by atoms with E-state index in [0.717, 1.165) is 17.5 Å². The molecule has 2 heterocycles. The average Bonchev–Trinajstić information content (AvgIpc) is 2.69. The molecule has 2 fully saturated rings. The fourth-order valence-electron chi connectivity index (χ4n) is 3.75. The molecule has 8 heteroatoms. The van der Waals surface area contributed by atoms with Crippen LogP contribution in [0, 0.1) is 12.8 Å². The molecule has 0 saturated carbocycles. The summed E-state index contributed by atoms with van der Waals surface area (Å²) in [4.78, 5) is 27.0. The Morgan fingerprint density at radius 3 is 2.30 bits per heavy atom. The van der Waals surface area contributed by atoms with Crippen molar-refractivity contribution in [3.05, 3.63) is 35.4 Å². The molecule has 2 aliphatic rings. The molecule has 7 nitrogen and oxygen atoms in total. The van der Waals surface area contributed by atoms with Crippen LogP contribution in [-0.2, 0) is 25.4 Å². The van der Waals surface area contributed by atoms with Gasteiger partial charge in [0.15, 0.2) is 0 Å². The molecule has 0 bridgehead atoms. The molecule has 0 radical (unpaired) electrons. The molecule has 0 aromatic heterocycles. The summed E-state index contributed by atoms with van der Waals surface area (Å²) in [6.07, 6.45) is 1.93. The molecule has 0 N–H and O–H groups in total. The van der Waals surface area contributed by atoms with Gasteiger partial charge in [-0.25, -0.2) is 12.7 Å². The van der Waals surface area contributed by atoms with E-state index in [2.05, 4.69) is 0 Å². The van der Waals surface area contributed by atoms with Crippen LogP contribution in [0.25, 0.3) is 0 Å². The van der Waals surface area contributed by atoms with E-state index in [1.807, 2.05) is 36.1 Å². The largest absolute Gasteiger partial charge is 0.342 e. The van der Waals surface area contributed by atoms with E-state index >= 15 is 0 Å². The highest BCUT2D eigenvalue weighted by Crippen LogP contribution is 2.24. The van der Waals surface area contributed by atoms with Crippen molar-refractivity contribution in [3.8, 4) is 0 Å². The van der Waals surface area contributed by atoms with E-state index in [1.165, 1.54) is 4.31 Å². The number of amides is 2. The number of carbonyl (C=O) groups is 2. The third-order valence-corrected chi connectivity index (χ3v) is 7.40. The van der Waals surface area contributed by atoms with Crippen molar-refractivity contribution in [1.82, 2.24) is 14.1 Å². The quantitative estimate of drug-likeness (QED) is 0.695. The van der Waals surface area contributed by atoms with E-state index in [4.69, 9.17) is 0 Å². The molecule has 0 atom stereocenters. The highest BCUT2D eigenvalue weighted by molar-refractivity contribution is 7.88. The van der Waals surface area contributed by atoms with Gasteiger partial charge in [0.1, 0.15) is 0 Å². The van der Waals surface area contributed by atoms with Gasteiger partial charge in [0.2, 0.25) is 22.3 Å². The first-order valence-corrected chi connectivity index (χ1v) is 11.0. The molecule has 2 amide bonds. The number of piperazine rings is 1. The van der Waals surface area contributed by atoms with Crippen LogP contribution < -0.4 is 0 Å². The summed E-state index contributed by atoms with van der Waals surface area (Å²) in [5.41, 5.74) is 1.80. The fraction of sp³-hybridized carbons (Fsp3) is 0.579. The summed E-state index contributed by atoms with van der Waals surface area (Å²) < 4.78 is 27.0. The zero-order valence-electron chi connectivity index (χ0n) is 15.7. The number of sulfonamides is 1. The van der Waals surface area contributed by atoms with Crippen LogP contribution in [0.15, 0.2) is 24.3 Å². The van der Waals surface area contributed by atoms with Gasteiger partial charge < -0.3 is 9.80 Å². The molecular weight excluding hydrogens is 366 g/mol. The lowest BCUT2D eigenvalue weighted by Crippen LogP contribution is -2.51. The Morgan fingerprint density at radius 2 is 1.70 bits per heavy atom. The van der Waals surface area contributed by atoms with Crippen molar-refractivity contribution in [2.45, 2.75) is 25.5 Å². The van der Waals surface area contributed by atoms with Crippen molar-refractivity contribution in [3.63, 3.8) is 0 Å². The molecule has 2 aliphatic heterocycles. The Labute approximate surface area is 161 Å². The summed E-state index contributed by atoms with van der Waals surface area (Å²) in [6, 6.07) is 7.52. The molecule has 3 rings (SSSR count). The first kappa shape index (κ1) is 19.8. The summed E-state index contributed by atoms with van der Waals surface area (Å²) >= 11 is 0. The summed E-state index contributed by atoms with van der Waals surface area (Å²) in [5.74, 6) is -0.0273. The second-order valence-electron chi connectivity index (χ2n) is 7.32. The van der Waals surface area contributed by atoms with Gasteiger partial charge in [-0.3, -0.25) is 9.59 Å². The number of carbonyl (C=O) groups excluding carboxylic acids is 2. The van der Waals surface area contributed by atoms with Crippen molar-refractivity contribution in [2.75, 3.05) is 39.3 Å². The van der Waals surface area contributed by atoms with Crippen LogP contribution in [0.2, 0.25) is 0 Å². The minimum Gasteiger partial charge on any atom is -0.342 e. The van der Waals surface area contributed by atoms with Gasteiger partial charge in [0, 0.05) is 45.2 Å². The Hall–Kier alpha value is -1.93. The minimum atomic E-state index is -3.38. The van der Waals surface area contributed by atoms with Gasteiger partial charge in [-0.15, -0.1) is 0 Å². The maximum absolute atomic E-state index is 12.7. The number of rotatable bonds is 5. The normalized spacial score (nSPS) is 19.9. The molecule has 2 saturated heterocycles. The van der Waals surface area contributed by atoms with Crippen molar-refractivity contribution >= 4 is 22.3 Å². The van der Waals surface area contributed by atoms with E-state index in [0.29, 0.717) is 52.1 Å². The molecule has 0 aliphatic carbocycles. The van der Waals surface area contributed by atoms with Gasteiger partial charge >= 0.3 is 0 Å². The molecular formula is C19H27N3O4S. The summed E-state index contributed by atoms with van der Waals surface area (Å²) in [5, 5.41) is 0. The second-order valence-corrected chi connectivity index (χ2v) is 9.29. The van der Waals surface area contributed by atoms with Crippen LogP contribution in [0.5, 0.6) is 0 Å². The number of hydrogen-bond acceptors (Lipinski definition) is 4. The molecule has 0 spiro atoms. The predicted octanol–water partition coefficient (Wildman–Crippen LogP) is 0.837. The topological polar surface area (TPSA) is 78.0 Å². The number of nitrogens with zero attached hydrogens (tertiary/aromatic N) is 3. The molecule has 1 aromatic carbocycles. The number of aryl methyl sites for hydroxylation is 1. The van der Waals surface area contributed by atoms with Crippen molar-refractivity contribution in [1.29, 1.82) is 0 Å². The van der Waals surface area contributed by atoms with Crippen LogP contribution in [0.4, 0.5) is 0 Å². The number of piperidine rings is 1.